The number of carboxylic acids is 1. The smallest absolute Gasteiger partial charge is 0.410 e. The van der Waals surface area contributed by atoms with Crippen molar-refractivity contribution in [1.29, 1.82) is 0 Å². The highest BCUT2D eigenvalue weighted by atomic mass is 32.2. The van der Waals surface area contributed by atoms with Crippen molar-refractivity contribution in [3.63, 3.8) is 0 Å². The summed E-state index contributed by atoms with van der Waals surface area (Å²) in [6.07, 6.45) is 2.56. The topological polar surface area (TPSA) is 364 Å². The van der Waals surface area contributed by atoms with E-state index in [9.17, 15) is 71.4 Å². The van der Waals surface area contributed by atoms with Crippen molar-refractivity contribution in [2.24, 2.45) is 40.7 Å². The molecule has 3 aliphatic rings. The highest BCUT2D eigenvalue weighted by Gasteiger charge is 2.48. The number of carbonyl (C=O) groups excluding carboxylic acids is 11. The Morgan fingerprint density at radius 2 is 1.43 bits per heavy atom. The van der Waals surface area contributed by atoms with Crippen LogP contribution in [0.4, 0.5) is 24.1 Å². The number of nitrogens with two attached hydrogens (primary N) is 1. The maximum atomic E-state index is 14.8. The van der Waals surface area contributed by atoms with Gasteiger partial charge in [0.2, 0.25) is 53.2 Å². The quantitative estimate of drug-likeness (QED) is 0.0254. The molecule has 11 atom stereocenters. The Bertz CT molecular complexity index is 3230. The lowest BCUT2D eigenvalue weighted by Crippen LogP contribution is -2.60. The monoisotopic (exact) mass is 1470 g/mol. The zero-order valence-corrected chi connectivity index (χ0v) is 62.9. The Balaban J connectivity index is 1.14. The molecule has 27 nitrogen and oxygen atoms in total. The van der Waals surface area contributed by atoms with Gasteiger partial charge in [0.15, 0.2) is 0 Å². The number of unbranched alkanes of at least 4 members (excludes halogenated alkanes) is 2. The van der Waals surface area contributed by atoms with Crippen LogP contribution in [0, 0.1) is 46.6 Å². The molecular formula is C73H111F2N11O16S. The van der Waals surface area contributed by atoms with E-state index in [2.05, 4.69) is 31.9 Å². The third kappa shape index (κ3) is 25.1. The number of nitrogens with zero attached hydrogens (tertiary/aromatic N) is 4. The van der Waals surface area contributed by atoms with E-state index in [4.69, 9.17) is 19.9 Å². The number of hydrogen-bond donors (Lipinski definition) is 8. The summed E-state index contributed by atoms with van der Waals surface area (Å²) in [4.78, 5) is 166. The number of nitrogens with one attached hydrogen (secondary N) is 6. The molecule has 9 N–H and O–H groups in total. The number of benzene rings is 2. The van der Waals surface area contributed by atoms with E-state index in [0.717, 1.165) is 29.9 Å². The minimum absolute atomic E-state index is 0.0233. The molecule has 30 heteroatoms. The molecule has 1 saturated carbocycles. The number of ether oxygens (including phenoxy) is 3. The van der Waals surface area contributed by atoms with Crippen molar-refractivity contribution < 1.29 is 85.6 Å². The summed E-state index contributed by atoms with van der Waals surface area (Å²) < 4.78 is 46.3. The molecule has 1 aliphatic carbocycles. The van der Waals surface area contributed by atoms with Gasteiger partial charge in [-0.2, -0.15) is 0 Å². The van der Waals surface area contributed by atoms with Crippen LogP contribution >= 0.6 is 11.8 Å². The summed E-state index contributed by atoms with van der Waals surface area (Å²) in [5.74, 6) is -8.05. The molecule has 2 saturated heterocycles. The molecule has 1 unspecified atom stereocenters. The molecule has 2 heterocycles. The van der Waals surface area contributed by atoms with Crippen LogP contribution < -0.4 is 37.6 Å². The van der Waals surface area contributed by atoms with Gasteiger partial charge in [0.25, 0.3) is 0 Å². The molecule has 3 fully saturated rings. The largest absolute Gasteiger partial charge is 0.481 e. The second-order valence-electron chi connectivity index (χ2n) is 28.7. The van der Waals surface area contributed by atoms with E-state index < -0.39 is 143 Å². The van der Waals surface area contributed by atoms with Crippen LogP contribution in [0.5, 0.6) is 0 Å². The van der Waals surface area contributed by atoms with Gasteiger partial charge in [0.1, 0.15) is 42.4 Å². The van der Waals surface area contributed by atoms with E-state index in [1.165, 1.54) is 48.9 Å². The van der Waals surface area contributed by atoms with Gasteiger partial charge in [-0.3, -0.25) is 57.7 Å². The number of primary amides is 1. The lowest BCUT2D eigenvalue weighted by atomic mass is 9.89. The zero-order valence-electron chi connectivity index (χ0n) is 62.1. The van der Waals surface area contributed by atoms with Crippen molar-refractivity contribution in [3.05, 3.63) is 65.2 Å². The average Bonchev–Trinajstić information content (AvgIpc) is 1.67. The molecule has 12 amide bonds. The van der Waals surface area contributed by atoms with Gasteiger partial charge in [0, 0.05) is 84.3 Å². The van der Waals surface area contributed by atoms with Crippen molar-refractivity contribution >= 4 is 88.7 Å². The van der Waals surface area contributed by atoms with Crippen LogP contribution in [0.15, 0.2) is 42.5 Å². The number of carbonyl (C=O) groups is 12. The van der Waals surface area contributed by atoms with Crippen LogP contribution in [-0.2, 0) is 75.2 Å². The van der Waals surface area contributed by atoms with Crippen LogP contribution in [0.25, 0.3) is 0 Å². The Kier molecular flexibility index (Phi) is 34.0. The van der Waals surface area contributed by atoms with Crippen molar-refractivity contribution in [1.82, 2.24) is 46.2 Å². The first-order chi connectivity index (χ1) is 48.7. The number of carboxylic acid groups (broad SMARTS) is 1. The number of hydrogen-bond acceptors (Lipinski definition) is 16. The van der Waals surface area contributed by atoms with E-state index in [0.29, 0.717) is 62.1 Å². The highest BCUT2D eigenvalue weighted by Crippen LogP contribution is 2.52. The van der Waals surface area contributed by atoms with Gasteiger partial charge < -0.3 is 66.8 Å². The van der Waals surface area contributed by atoms with Gasteiger partial charge in [-0.25, -0.2) is 18.4 Å². The predicted octanol–water partition coefficient (Wildman–Crippen LogP) is 6.67. The van der Waals surface area contributed by atoms with Crippen molar-refractivity contribution in [2.75, 3.05) is 65.6 Å². The maximum absolute atomic E-state index is 14.8. The third-order valence-electron chi connectivity index (χ3n) is 19.8. The van der Waals surface area contributed by atoms with Crippen LogP contribution in [0.1, 0.15) is 163 Å². The normalized spacial score (nSPS) is 18.2. The number of thioether (sulfide) groups is 1. The fraction of sp³-hybridized carbons (Fsp3) is 0.671. The molecule has 2 aliphatic heterocycles. The number of rotatable bonds is 43. The maximum Gasteiger partial charge on any atom is 0.410 e. The number of urea groups is 1. The van der Waals surface area contributed by atoms with Gasteiger partial charge in [-0.05, 0) is 117 Å². The van der Waals surface area contributed by atoms with E-state index in [1.54, 1.807) is 84.7 Å². The van der Waals surface area contributed by atoms with Gasteiger partial charge in [-0.1, -0.05) is 93.4 Å². The standard InChI is InChI=1S/C73H111F2N11O16S/c1-14-45(8)63(54(100-12)37-57(88)85-36-20-24-53(85)64(101-13)46(9)65(92)77-34-30-49-50(74)21-18-22-51(49)75)83(10)70(97)61(43(4)5)82-68(95)62(44(6)7)84(11)72(99)102-40-47-26-28-48(29-27-47)79-66(93)52(23-19-33-78-71(76)98)80-67(94)60(42(2)3)81-56(87)25-16-15-17-35-86-58(89)38-55(69(86)96)103-41-73(31-32-73)39-59(90)91/h18,21-22,26-29,42-46,52-55,60-64H,14-17,19-20,23-25,30-41H2,1-13H3,(H,77,92)(H,79,93)(H,80,94)(H,81,87)(H,82,95)(H,90,91)(H3,76,78,98)/t45-,46+,52-,53-,54+,55?,60-,61-,62-,63-,64+/m0/s1. The summed E-state index contributed by atoms with van der Waals surface area (Å²) in [6, 6.07) is 3.58. The van der Waals surface area contributed by atoms with E-state index >= 15 is 0 Å². The molecule has 0 bridgehead atoms. The fourth-order valence-corrected chi connectivity index (χ4v) is 14.9. The second kappa shape index (κ2) is 40.9. The van der Waals surface area contributed by atoms with Crippen molar-refractivity contribution in [2.45, 2.75) is 219 Å². The number of likely N-dealkylation sites (tertiary alicyclic amines) is 2. The predicted molar refractivity (Wildman–Crippen MR) is 383 cm³/mol. The Hall–Kier alpha value is -7.99. The number of likely N-dealkylation sites (N-methyl/N-ethyl adjacent to an activating group) is 2. The number of methoxy groups -OCH3 is 2. The third-order valence-corrected chi connectivity index (χ3v) is 21.4. The fourth-order valence-electron chi connectivity index (χ4n) is 13.4. The van der Waals surface area contributed by atoms with Crippen LogP contribution in [0.2, 0.25) is 0 Å². The highest BCUT2D eigenvalue weighted by molar-refractivity contribution is 8.00. The van der Waals surface area contributed by atoms with E-state index in [-0.39, 0.29) is 106 Å². The minimum Gasteiger partial charge on any atom is -0.481 e. The molecule has 103 heavy (non-hydrogen) atoms. The Morgan fingerprint density at radius 1 is 0.767 bits per heavy atom. The Labute approximate surface area is 608 Å². The molecule has 5 rings (SSSR count). The molecule has 0 aromatic heterocycles. The van der Waals surface area contributed by atoms with Gasteiger partial charge in [0.05, 0.1) is 48.3 Å². The van der Waals surface area contributed by atoms with Gasteiger partial charge in [-0.15, -0.1) is 11.8 Å². The molecule has 2 aromatic carbocycles. The second-order valence-corrected chi connectivity index (χ2v) is 29.8. The van der Waals surface area contributed by atoms with Crippen LogP contribution in [0.3, 0.4) is 0 Å². The summed E-state index contributed by atoms with van der Waals surface area (Å²) in [6.45, 7) is 16.5. The zero-order chi connectivity index (χ0) is 76.6. The number of anilines is 1. The first-order valence-corrected chi connectivity index (χ1v) is 37.0. The summed E-state index contributed by atoms with van der Waals surface area (Å²) in [5, 5.41) is 25.2. The number of halogens is 2. The van der Waals surface area contributed by atoms with Gasteiger partial charge >= 0.3 is 18.1 Å². The Morgan fingerprint density at radius 3 is 2.01 bits per heavy atom. The van der Waals surface area contributed by atoms with Crippen LogP contribution in [-0.4, -0.2) is 210 Å². The molecule has 574 valence electrons. The molecule has 2 aromatic rings. The summed E-state index contributed by atoms with van der Waals surface area (Å²) in [5.41, 5.74) is 5.64. The summed E-state index contributed by atoms with van der Waals surface area (Å²) in [7, 11) is 5.96. The lowest BCUT2D eigenvalue weighted by molar-refractivity contribution is -0.148. The summed E-state index contributed by atoms with van der Waals surface area (Å²) >= 11 is 1.34. The molecule has 0 spiro atoms. The van der Waals surface area contributed by atoms with E-state index in [1.807, 2.05) is 13.8 Å². The number of amides is 12. The number of imide groups is 1. The average molecular weight is 1470 g/mol. The number of aliphatic carboxylic acids is 1. The molecular weight excluding hydrogens is 1360 g/mol. The molecule has 0 radical (unpaired) electrons. The first kappa shape index (κ1) is 85.7. The minimum atomic E-state index is -1.15. The lowest BCUT2D eigenvalue weighted by Gasteiger charge is -2.41. The first-order valence-electron chi connectivity index (χ1n) is 35.9. The van der Waals surface area contributed by atoms with Crippen molar-refractivity contribution in [3.8, 4) is 0 Å². The SMILES string of the molecule is CC[C@H](C)[C@@H]([C@@H](CC(=O)N1CCC[C@H]1[C@H](OC)[C@@H](C)C(=O)NCCc1c(F)cccc1F)OC)N(C)C(=O)[C@@H](NC(=O)[C@H](C(C)C)N(C)C(=O)OCc1ccc(NC(=O)[C@H](CCCNC(N)=O)NC(=O)[C@@H](NC(=O)CCCCCN2C(=O)CC(SCC3(CC(=O)O)CC3)C2=O)C(C)C)cc1)C(C)C.